The molecule has 0 aliphatic rings. The molecule has 0 aliphatic heterocycles. The highest BCUT2D eigenvalue weighted by Gasteiger charge is 2.18. The van der Waals surface area contributed by atoms with E-state index in [-0.39, 0.29) is 15.9 Å². The first kappa shape index (κ1) is 13.6. The van der Waals surface area contributed by atoms with Gasteiger partial charge in [0.25, 0.3) is 0 Å². The molecule has 0 spiro atoms. The second-order valence-electron chi connectivity index (χ2n) is 3.28. The van der Waals surface area contributed by atoms with Gasteiger partial charge in [-0.15, -0.1) is 0 Å². The van der Waals surface area contributed by atoms with Gasteiger partial charge in [-0.25, -0.2) is 17.5 Å². The van der Waals surface area contributed by atoms with E-state index in [9.17, 15) is 12.8 Å². The Morgan fingerprint density at radius 3 is 2.69 bits per heavy atom. The summed E-state index contributed by atoms with van der Waals surface area (Å²) in [4.78, 5) is -0.0606. The molecule has 0 saturated heterocycles. The predicted octanol–water partition coefficient (Wildman–Crippen LogP) is 1.25. The molecule has 2 N–H and O–H groups in total. The molecule has 1 aromatic carbocycles. The van der Waals surface area contributed by atoms with Crippen LogP contribution in [-0.4, -0.2) is 26.2 Å². The first-order valence-electron chi connectivity index (χ1n) is 4.45. The van der Waals surface area contributed by atoms with Gasteiger partial charge in [-0.1, -0.05) is 0 Å². The number of hydrogen-bond donors (Lipinski definition) is 2. The van der Waals surface area contributed by atoms with E-state index < -0.39 is 21.9 Å². The van der Waals surface area contributed by atoms with Crippen LogP contribution in [0.1, 0.15) is 6.92 Å². The van der Waals surface area contributed by atoms with Crippen molar-refractivity contribution >= 4 is 26.0 Å². The second-order valence-corrected chi connectivity index (χ2v) is 5.87. The summed E-state index contributed by atoms with van der Waals surface area (Å²) in [5.74, 6) is -0.527. The molecule has 16 heavy (non-hydrogen) atoms. The molecule has 0 amide bonds. The normalized spacial score (nSPS) is 13.8. The van der Waals surface area contributed by atoms with E-state index in [0.717, 1.165) is 18.2 Å². The molecule has 7 heteroatoms. The summed E-state index contributed by atoms with van der Waals surface area (Å²) in [5.41, 5.74) is 0. The zero-order valence-corrected chi connectivity index (χ0v) is 10.8. The van der Waals surface area contributed by atoms with Crippen molar-refractivity contribution in [3.63, 3.8) is 0 Å². The number of aliphatic hydroxyl groups is 1. The number of sulfonamides is 1. The highest BCUT2D eigenvalue weighted by atomic mass is 79.9. The van der Waals surface area contributed by atoms with Gasteiger partial charge in [-0.05, 0) is 41.1 Å². The van der Waals surface area contributed by atoms with Crippen molar-refractivity contribution in [2.24, 2.45) is 0 Å². The minimum Gasteiger partial charge on any atom is -0.392 e. The molecular formula is C9H11BrFNO3S. The summed E-state index contributed by atoms with van der Waals surface area (Å²) in [6.07, 6.45) is -0.783. The molecule has 1 atom stereocenters. The molecule has 0 aromatic heterocycles. The fraction of sp³-hybridized carbons (Fsp3) is 0.333. The topological polar surface area (TPSA) is 66.4 Å². The molecule has 1 unspecified atom stereocenters. The van der Waals surface area contributed by atoms with Crippen molar-refractivity contribution in [2.45, 2.75) is 17.9 Å². The lowest BCUT2D eigenvalue weighted by molar-refractivity contribution is 0.198. The molecule has 1 aromatic rings. The molecular weight excluding hydrogens is 301 g/mol. The van der Waals surface area contributed by atoms with Crippen LogP contribution in [0.25, 0.3) is 0 Å². The fourth-order valence-corrected chi connectivity index (χ4v) is 3.17. The maximum absolute atomic E-state index is 12.8. The van der Waals surface area contributed by atoms with Crippen molar-refractivity contribution in [3.05, 3.63) is 28.5 Å². The van der Waals surface area contributed by atoms with Crippen LogP contribution in [0, 0.1) is 5.82 Å². The van der Waals surface area contributed by atoms with Crippen molar-refractivity contribution in [3.8, 4) is 0 Å². The molecule has 0 saturated carbocycles. The maximum atomic E-state index is 12.8. The molecule has 0 bridgehead atoms. The SMILES string of the molecule is CC(O)CNS(=O)(=O)c1ccc(F)cc1Br. The van der Waals surface area contributed by atoms with Crippen LogP contribution in [0.15, 0.2) is 27.6 Å². The number of rotatable bonds is 4. The van der Waals surface area contributed by atoms with Crippen molar-refractivity contribution in [1.82, 2.24) is 4.72 Å². The van der Waals surface area contributed by atoms with Gasteiger partial charge in [0.05, 0.1) is 11.0 Å². The summed E-state index contributed by atoms with van der Waals surface area (Å²) in [7, 11) is -3.73. The van der Waals surface area contributed by atoms with E-state index in [0.29, 0.717) is 0 Å². The predicted molar refractivity (Wildman–Crippen MR) is 61.0 cm³/mol. The zero-order valence-electron chi connectivity index (χ0n) is 8.44. The summed E-state index contributed by atoms with van der Waals surface area (Å²) < 4.78 is 38.5. The van der Waals surface area contributed by atoms with Crippen molar-refractivity contribution in [2.75, 3.05) is 6.54 Å². The van der Waals surface area contributed by atoms with E-state index in [2.05, 4.69) is 20.7 Å². The molecule has 4 nitrogen and oxygen atoms in total. The van der Waals surface area contributed by atoms with Crippen molar-refractivity contribution in [1.29, 1.82) is 0 Å². The third kappa shape index (κ3) is 3.51. The minimum absolute atomic E-state index is 0.0606. The van der Waals surface area contributed by atoms with E-state index in [1.165, 1.54) is 6.92 Å². The Morgan fingerprint density at radius 2 is 2.19 bits per heavy atom. The number of benzene rings is 1. The lowest BCUT2D eigenvalue weighted by atomic mass is 10.3. The number of halogens is 2. The van der Waals surface area contributed by atoms with Crippen LogP contribution in [0.2, 0.25) is 0 Å². The van der Waals surface area contributed by atoms with Gasteiger partial charge in [0.1, 0.15) is 5.82 Å². The Morgan fingerprint density at radius 1 is 1.56 bits per heavy atom. The fourth-order valence-electron chi connectivity index (χ4n) is 1.00. The van der Waals surface area contributed by atoms with E-state index in [4.69, 9.17) is 5.11 Å². The lowest BCUT2D eigenvalue weighted by Gasteiger charge is -2.09. The largest absolute Gasteiger partial charge is 0.392 e. The molecule has 0 aliphatic carbocycles. The van der Waals surface area contributed by atoms with Gasteiger partial charge in [0, 0.05) is 11.0 Å². The Balaban J connectivity index is 2.99. The van der Waals surface area contributed by atoms with Gasteiger partial charge >= 0.3 is 0 Å². The van der Waals surface area contributed by atoms with Crippen LogP contribution < -0.4 is 4.72 Å². The quantitative estimate of drug-likeness (QED) is 0.879. The lowest BCUT2D eigenvalue weighted by Crippen LogP contribution is -2.30. The Labute approximate surface area is 102 Å². The second kappa shape index (κ2) is 5.22. The minimum atomic E-state index is -3.73. The van der Waals surface area contributed by atoms with E-state index >= 15 is 0 Å². The average molecular weight is 312 g/mol. The van der Waals surface area contributed by atoms with Gasteiger partial charge in [-0.2, -0.15) is 0 Å². The number of aliphatic hydroxyl groups excluding tert-OH is 1. The molecule has 0 radical (unpaired) electrons. The van der Waals surface area contributed by atoms with E-state index in [1.54, 1.807) is 0 Å². The zero-order chi connectivity index (χ0) is 12.3. The highest BCUT2D eigenvalue weighted by Crippen LogP contribution is 2.22. The third-order valence-electron chi connectivity index (χ3n) is 1.75. The van der Waals surface area contributed by atoms with Crippen molar-refractivity contribution < 1.29 is 17.9 Å². The summed E-state index contributed by atoms with van der Waals surface area (Å²) in [5, 5.41) is 8.98. The molecule has 90 valence electrons. The van der Waals surface area contributed by atoms with Crippen LogP contribution >= 0.6 is 15.9 Å². The van der Waals surface area contributed by atoms with Gasteiger partial charge in [-0.3, -0.25) is 0 Å². The monoisotopic (exact) mass is 311 g/mol. The van der Waals surface area contributed by atoms with Crippen LogP contribution in [0.4, 0.5) is 4.39 Å². The number of hydrogen-bond acceptors (Lipinski definition) is 3. The molecule has 1 rings (SSSR count). The maximum Gasteiger partial charge on any atom is 0.241 e. The Hall–Kier alpha value is -0.500. The number of nitrogens with one attached hydrogen (secondary N) is 1. The van der Waals surface area contributed by atoms with Gasteiger partial charge in [0.2, 0.25) is 10.0 Å². The summed E-state index contributed by atoms with van der Waals surface area (Å²) >= 11 is 2.97. The van der Waals surface area contributed by atoms with Gasteiger partial charge < -0.3 is 5.11 Å². The smallest absolute Gasteiger partial charge is 0.241 e. The summed E-state index contributed by atoms with van der Waals surface area (Å²) in [6.45, 7) is 1.37. The molecule has 0 heterocycles. The van der Waals surface area contributed by atoms with Gasteiger partial charge in [0.15, 0.2) is 0 Å². The van der Waals surface area contributed by atoms with Crippen LogP contribution in [-0.2, 0) is 10.0 Å². The van der Waals surface area contributed by atoms with Crippen LogP contribution in [0.3, 0.4) is 0 Å². The summed E-state index contributed by atoms with van der Waals surface area (Å²) in [6, 6.07) is 3.28. The van der Waals surface area contributed by atoms with E-state index in [1.807, 2.05) is 0 Å². The van der Waals surface area contributed by atoms with Crippen LogP contribution in [0.5, 0.6) is 0 Å². The standard InChI is InChI=1S/C9H11BrFNO3S/c1-6(13)5-12-16(14,15)9-3-2-7(11)4-8(9)10/h2-4,6,12-13H,5H2,1H3. The Kier molecular flexibility index (Phi) is 4.43. The average Bonchev–Trinajstić information content (AvgIpc) is 2.14. The first-order chi connectivity index (χ1) is 7.33. The third-order valence-corrected chi connectivity index (χ3v) is 4.15. The first-order valence-corrected chi connectivity index (χ1v) is 6.73. The molecule has 0 fully saturated rings. The highest BCUT2D eigenvalue weighted by molar-refractivity contribution is 9.10. The Bertz CT molecular complexity index is 476.